The number of piperazine rings is 1. The molecule has 1 atom stereocenters. The molecule has 5 nitrogen and oxygen atoms in total. The highest BCUT2D eigenvalue weighted by Gasteiger charge is 2.26. The van der Waals surface area contributed by atoms with Gasteiger partial charge >= 0.3 is 0 Å². The fourth-order valence-electron chi connectivity index (χ4n) is 2.59. The molecule has 0 saturated carbocycles. The van der Waals surface area contributed by atoms with E-state index in [1.54, 1.807) is 12.4 Å². The van der Waals surface area contributed by atoms with Gasteiger partial charge in [0.05, 0.1) is 0 Å². The number of likely N-dealkylation sites (N-methyl/N-ethyl adjacent to an activating group) is 1. The van der Waals surface area contributed by atoms with Gasteiger partial charge in [-0.3, -0.25) is 14.7 Å². The zero-order valence-corrected chi connectivity index (χ0v) is 12.0. The Kier molecular flexibility index (Phi) is 5.49. The van der Waals surface area contributed by atoms with E-state index in [0.29, 0.717) is 6.42 Å². The maximum absolute atomic E-state index is 12.3. The molecule has 20 heavy (non-hydrogen) atoms. The van der Waals surface area contributed by atoms with Crippen molar-refractivity contribution in [1.82, 2.24) is 14.8 Å². The van der Waals surface area contributed by atoms with Gasteiger partial charge in [-0.2, -0.15) is 0 Å². The molecule has 1 saturated heterocycles. The summed E-state index contributed by atoms with van der Waals surface area (Å²) in [7, 11) is 2.05. The molecule has 2 rings (SSSR count). The number of hydrogen-bond donors (Lipinski definition) is 1. The van der Waals surface area contributed by atoms with Crippen LogP contribution >= 0.6 is 0 Å². The highest BCUT2D eigenvalue weighted by Crippen LogP contribution is 2.13. The molecule has 110 valence electrons. The van der Waals surface area contributed by atoms with Crippen molar-refractivity contribution in [1.29, 1.82) is 0 Å². The van der Waals surface area contributed by atoms with E-state index in [1.807, 2.05) is 17.0 Å². The van der Waals surface area contributed by atoms with Crippen LogP contribution in [-0.2, 0) is 11.2 Å². The molecule has 0 bridgehead atoms. The number of hydrogen-bond acceptors (Lipinski definition) is 4. The lowest BCUT2D eigenvalue weighted by atomic mass is 10.1. The minimum atomic E-state index is 0.175. The van der Waals surface area contributed by atoms with Gasteiger partial charge in [-0.15, -0.1) is 0 Å². The molecule has 0 aromatic carbocycles. The minimum Gasteiger partial charge on any atom is -0.396 e. The second-order valence-corrected chi connectivity index (χ2v) is 5.34. The summed E-state index contributed by atoms with van der Waals surface area (Å²) < 4.78 is 0. The first-order valence-corrected chi connectivity index (χ1v) is 7.18. The number of nitrogens with zero attached hydrogens (tertiary/aromatic N) is 3. The van der Waals surface area contributed by atoms with Crippen molar-refractivity contribution in [3.8, 4) is 0 Å². The Labute approximate surface area is 120 Å². The molecule has 1 fully saturated rings. The lowest BCUT2D eigenvalue weighted by Crippen LogP contribution is -2.53. The summed E-state index contributed by atoms with van der Waals surface area (Å²) in [6.07, 6.45) is 5.54. The number of amides is 1. The van der Waals surface area contributed by atoms with Crippen LogP contribution in [0.4, 0.5) is 0 Å². The summed E-state index contributed by atoms with van der Waals surface area (Å²) in [6.45, 7) is 2.57. The third-order valence-electron chi connectivity index (χ3n) is 3.97. The number of rotatable bonds is 5. The zero-order chi connectivity index (χ0) is 14.4. The Bertz CT molecular complexity index is 424. The first-order chi connectivity index (χ1) is 9.70. The average Bonchev–Trinajstić information content (AvgIpc) is 2.48. The Morgan fingerprint density at radius 2 is 2.15 bits per heavy atom. The van der Waals surface area contributed by atoms with E-state index < -0.39 is 0 Å². The summed E-state index contributed by atoms with van der Waals surface area (Å²) in [5.41, 5.74) is 1.15. The van der Waals surface area contributed by atoms with Crippen LogP contribution in [0.5, 0.6) is 0 Å². The number of aliphatic hydroxyl groups excluding tert-OH is 1. The third kappa shape index (κ3) is 4.02. The van der Waals surface area contributed by atoms with Crippen LogP contribution < -0.4 is 0 Å². The van der Waals surface area contributed by atoms with E-state index in [9.17, 15) is 4.79 Å². The van der Waals surface area contributed by atoms with Gasteiger partial charge in [0.25, 0.3) is 0 Å². The molecule has 0 spiro atoms. The van der Waals surface area contributed by atoms with Gasteiger partial charge in [-0.25, -0.2) is 0 Å². The van der Waals surface area contributed by atoms with Gasteiger partial charge in [0.1, 0.15) is 0 Å². The monoisotopic (exact) mass is 277 g/mol. The zero-order valence-electron chi connectivity index (χ0n) is 12.0. The average molecular weight is 277 g/mol. The molecule has 1 amide bonds. The lowest BCUT2D eigenvalue weighted by Gasteiger charge is -2.39. The molecule has 1 N–H and O–H groups in total. The van der Waals surface area contributed by atoms with Crippen LogP contribution in [0.1, 0.15) is 18.4 Å². The van der Waals surface area contributed by atoms with Gasteiger partial charge in [0, 0.05) is 51.1 Å². The van der Waals surface area contributed by atoms with Gasteiger partial charge in [0.2, 0.25) is 5.91 Å². The number of carbonyl (C=O) groups is 1. The van der Waals surface area contributed by atoms with E-state index >= 15 is 0 Å². The van der Waals surface area contributed by atoms with Crippen LogP contribution in [-0.4, -0.2) is 65.1 Å². The Balaban J connectivity index is 1.83. The summed E-state index contributed by atoms with van der Waals surface area (Å²) in [6, 6.07) is 4.18. The molecule has 1 aliphatic rings. The van der Waals surface area contributed by atoms with Crippen molar-refractivity contribution in [2.45, 2.75) is 25.3 Å². The fourth-order valence-corrected chi connectivity index (χ4v) is 2.59. The molecule has 5 heteroatoms. The summed E-state index contributed by atoms with van der Waals surface area (Å²) in [5, 5.41) is 9.08. The van der Waals surface area contributed by atoms with Crippen molar-refractivity contribution in [3.63, 3.8) is 0 Å². The van der Waals surface area contributed by atoms with E-state index in [0.717, 1.165) is 38.0 Å². The molecule has 0 radical (unpaired) electrons. The van der Waals surface area contributed by atoms with Crippen molar-refractivity contribution < 1.29 is 9.90 Å². The number of carbonyl (C=O) groups excluding carboxylic acids is 1. The van der Waals surface area contributed by atoms with Gasteiger partial charge < -0.3 is 10.0 Å². The Morgan fingerprint density at radius 3 is 2.85 bits per heavy atom. The quantitative estimate of drug-likeness (QED) is 0.853. The molecule has 2 heterocycles. The van der Waals surface area contributed by atoms with Gasteiger partial charge in [-0.05, 0) is 37.6 Å². The lowest BCUT2D eigenvalue weighted by molar-refractivity contribution is -0.134. The first kappa shape index (κ1) is 14.9. The van der Waals surface area contributed by atoms with Crippen LogP contribution in [0.15, 0.2) is 24.5 Å². The largest absolute Gasteiger partial charge is 0.396 e. The molecule has 1 aromatic rings. The number of aromatic nitrogens is 1. The third-order valence-corrected chi connectivity index (χ3v) is 3.97. The molecule has 0 aliphatic carbocycles. The van der Waals surface area contributed by atoms with Crippen molar-refractivity contribution >= 4 is 5.91 Å². The molecule has 0 unspecified atom stereocenters. The van der Waals surface area contributed by atoms with Crippen LogP contribution in [0.2, 0.25) is 0 Å². The van der Waals surface area contributed by atoms with Crippen molar-refractivity contribution in [2.75, 3.05) is 33.3 Å². The number of pyridine rings is 1. The van der Waals surface area contributed by atoms with E-state index in [-0.39, 0.29) is 18.6 Å². The predicted molar refractivity (Wildman–Crippen MR) is 77.3 cm³/mol. The maximum atomic E-state index is 12.3. The van der Waals surface area contributed by atoms with Crippen LogP contribution in [0, 0.1) is 0 Å². The van der Waals surface area contributed by atoms with Crippen LogP contribution in [0.25, 0.3) is 0 Å². The Morgan fingerprint density at radius 1 is 1.40 bits per heavy atom. The summed E-state index contributed by atoms with van der Waals surface area (Å²) >= 11 is 0. The van der Waals surface area contributed by atoms with E-state index in [2.05, 4.69) is 16.9 Å². The predicted octanol–water partition coefficient (Wildman–Crippen LogP) is 0.539. The molecule has 1 aliphatic heterocycles. The Hall–Kier alpha value is -1.46. The second kappa shape index (κ2) is 7.36. The normalized spacial score (nSPS) is 20.1. The van der Waals surface area contributed by atoms with E-state index in [4.69, 9.17) is 5.11 Å². The topological polar surface area (TPSA) is 56.7 Å². The molecule has 1 aromatic heterocycles. The highest BCUT2D eigenvalue weighted by atomic mass is 16.3. The number of aryl methyl sites for hydroxylation is 1. The first-order valence-electron chi connectivity index (χ1n) is 7.18. The van der Waals surface area contributed by atoms with Gasteiger partial charge in [0.15, 0.2) is 0 Å². The minimum absolute atomic E-state index is 0.175. The van der Waals surface area contributed by atoms with Gasteiger partial charge in [-0.1, -0.05) is 0 Å². The second-order valence-electron chi connectivity index (χ2n) is 5.34. The smallest absolute Gasteiger partial charge is 0.222 e. The SMILES string of the molecule is CN1CCN(C(=O)CCc2ccncc2)C[C@H]1CCO. The van der Waals surface area contributed by atoms with Crippen LogP contribution in [0.3, 0.4) is 0 Å². The summed E-state index contributed by atoms with van der Waals surface area (Å²) in [5.74, 6) is 0.206. The van der Waals surface area contributed by atoms with Crippen molar-refractivity contribution in [2.24, 2.45) is 0 Å². The standard InChI is InChI=1S/C15H23N3O2/c1-17-9-10-18(12-14(17)6-11-19)15(20)3-2-13-4-7-16-8-5-13/h4-5,7-8,14,19H,2-3,6,9-12H2,1H3/t14-/m1/s1. The molecular weight excluding hydrogens is 254 g/mol. The number of aliphatic hydroxyl groups is 1. The maximum Gasteiger partial charge on any atom is 0.222 e. The molecular formula is C15H23N3O2. The van der Waals surface area contributed by atoms with Crippen molar-refractivity contribution in [3.05, 3.63) is 30.1 Å². The fraction of sp³-hybridized carbons (Fsp3) is 0.600. The summed E-state index contributed by atoms with van der Waals surface area (Å²) in [4.78, 5) is 20.4. The highest BCUT2D eigenvalue weighted by molar-refractivity contribution is 5.76. The van der Waals surface area contributed by atoms with E-state index in [1.165, 1.54) is 0 Å².